The summed E-state index contributed by atoms with van der Waals surface area (Å²) in [4.78, 5) is 2.21. The zero-order valence-electron chi connectivity index (χ0n) is 13.0. The molecular formula is C17H27FN2. The fourth-order valence-corrected chi connectivity index (χ4v) is 2.43. The SMILES string of the molecule is CCCN(CC1CC1)c1ccc(CNC(C)C)cc1F. The zero-order chi connectivity index (χ0) is 14.5. The number of hydrogen-bond acceptors (Lipinski definition) is 2. The number of hydrogen-bond donors (Lipinski definition) is 1. The van der Waals surface area contributed by atoms with Crippen molar-refractivity contribution in [3.05, 3.63) is 29.6 Å². The lowest BCUT2D eigenvalue weighted by atomic mass is 10.1. The Hall–Kier alpha value is -1.09. The van der Waals surface area contributed by atoms with E-state index in [-0.39, 0.29) is 5.82 Å². The maximum atomic E-state index is 14.3. The first-order chi connectivity index (χ1) is 9.60. The van der Waals surface area contributed by atoms with Gasteiger partial charge in [-0.1, -0.05) is 26.8 Å². The van der Waals surface area contributed by atoms with Gasteiger partial charge in [0, 0.05) is 25.7 Å². The quantitative estimate of drug-likeness (QED) is 0.774. The highest BCUT2D eigenvalue weighted by molar-refractivity contribution is 5.49. The molecule has 0 aromatic heterocycles. The van der Waals surface area contributed by atoms with Gasteiger partial charge < -0.3 is 10.2 Å². The highest BCUT2D eigenvalue weighted by Crippen LogP contribution is 2.32. The van der Waals surface area contributed by atoms with Gasteiger partial charge in [-0.15, -0.1) is 0 Å². The molecule has 2 nitrogen and oxygen atoms in total. The molecule has 1 aliphatic rings. The zero-order valence-corrected chi connectivity index (χ0v) is 13.0. The topological polar surface area (TPSA) is 15.3 Å². The Balaban J connectivity index is 2.05. The molecule has 0 heterocycles. The number of benzene rings is 1. The smallest absolute Gasteiger partial charge is 0.146 e. The van der Waals surface area contributed by atoms with Gasteiger partial charge in [0.05, 0.1) is 5.69 Å². The molecule has 0 aliphatic heterocycles. The molecule has 0 spiro atoms. The fraction of sp³-hybridized carbons (Fsp3) is 0.647. The van der Waals surface area contributed by atoms with Crippen molar-refractivity contribution >= 4 is 5.69 Å². The van der Waals surface area contributed by atoms with E-state index in [2.05, 4.69) is 31.0 Å². The van der Waals surface area contributed by atoms with Crippen LogP contribution in [0.5, 0.6) is 0 Å². The van der Waals surface area contributed by atoms with Gasteiger partial charge >= 0.3 is 0 Å². The van der Waals surface area contributed by atoms with Crippen LogP contribution >= 0.6 is 0 Å². The Labute approximate surface area is 122 Å². The van der Waals surface area contributed by atoms with Gasteiger partial charge in [-0.3, -0.25) is 0 Å². The largest absolute Gasteiger partial charge is 0.369 e. The van der Waals surface area contributed by atoms with Gasteiger partial charge in [0.25, 0.3) is 0 Å². The maximum absolute atomic E-state index is 14.3. The molecule has 0 amide bonds. The van der Waals surface area contributed by atoms with Crippen molar-refractivity contribution in [2.24, 2.45) is 5.92 Å². The molecule has 20 heavy (non-hydrogen) atoms. The van der Waals surface area contributed by atoms with Crippen LogP contribution in [0.3, 0.4) is 0 Å². The third-order valence-electron chi connectivity index (χ3n) is 3.74. The summed E-state index contributed by atoms with van der Waals surface area (Å²) in [5.41, 5.74) is 1.79. The lowest BCUT2D eigenvalue weighted by Gasteiger charge is -2.25. The fourth-order valence-electron chi connectivity index (χ4n) is 2.43. The van der Waals surface area contributed by atoms with Crippen LogP contribution in [0.4, 0.5) is 10.1 Å². The number of rotatable bonds is 8. The van der Waals surface area contributed by atoms with Crippen molar-refractivity contribution in [3.63, 3.8) is 0 Å². The van der Waals surface area contributed by atoms with E-state index in [0.717, 1.165) is 43.2 Å². The van der Waals surface area contributed by atoms with Gasteiger partial charge in [0.2, 0.25) is 0 Å². The Bertz CT molecular complexity index is 427. The lowest BCUT2D eigenvalue weighted by molar-refractivity contribution is 0.578. The summed E-state index contributed by atoms with van der Waals surface area (Å²) >= 11 is 0. The standard InChI is InChI=1S/C17H27FN2/c1-4-9-20(12-14-5-6-14)17-8-7-15(10-16(17)18)11-19-13(2)3/h7-8,10,13-14,19H,4-6,9,11-12H2,1-3H3. The summed E-state index contributed by atoms with van der Waals surface area (Å²) < 4.78 is 14.3. The first kappa shape index (κ1) is 15.3. The van der Waals surface area contributed by atoms with Crippen LogP contribution in [0.1, 0.15) is 45.6 Å². The van der Waals surface area contributed by atoms with Crippen LogP contribution in [0, 0.1) is 11.7 Å². The van der Waals surface area contributed by atoms with Crippen LogP contribution in [0.25, 0.3) is 0 Å². The third kappa shape index (κ3) is 4.48. The minimum absolute atomic E-state index is 0.0813. The molecule has 1 aromatic rings. The van der Waals surface area contributed by atoms with Gasteiger partial charge in [-0.05, 0) is 42.9 Å². The van der Waals surface area contributed by atoms with E-state index in [0.29, 0.717) is 6.04 Å². The van der Waals surface area contributed by atoms with Crippen molar-refractivity contribution in [2.75, 3.05) is 18.0 Å². The van der Waals surface area contributed by atoms with E-state index in [9.17, 15) is 4.39 Å². The van der Waals surface area contributed by atoms with E-state index in [4.69, 9.17) is 0 Å². The summed E-state index contributed by atoms with van der Waals surface area (Å²) in [6.07, 6.45) is 3.67. The van der Waals surface area contributed by atoms with Crippen molar-refractivity contribution < 1.29 is 4.39 Å². The Kier molecular flexibility index (Phi) is 5.41. The molecule has 0 atom stereocenters. The minimum Gasteiger partial charge on any atom is -0.369 e. The second-order valence-corrected chi connectivity index (χ2v) is 6.21. The molecular weight excluding hydrogens is 251 g/mol. The number of halogens is 1. The normalized spacial score (nSPS) is 14.8. The summed E-state index contributed by atoms with van der Waals surface area (Å²) in [6.45, 7) is 9.03. The first-order valence-corrected chi connectivity index (χ1v) is 7.87. The summed E-state index contributed by atoms with van der Waals surface area (Å²) in [6, 6.07) is 6.10. The average Bonchev–Trinajstić information content (AvgIpc) is 3.20. The molecule has 1 aliphatic carbocycles. The molecule has 112 valence electrons. The maximum Gasteiger partial charge on any atom is 0.146 e. The van der Waals surface area contributed by atoms with Crippen LogP contribution in [0.2, 0.25) is 0 Å². The van der Waals surface area contributed by atoms with Crippen LogP contribution in [-0.2, 0) is 6.54 Å². The molecule has 0 bridgehead atoms. The number of anilines is 1. The molecule has 1 saturated carbocycles. The molecule has 1 aromatic carbocycles. The number of nitrogens with zero attached hydrogens (tertiary/aromatic N) is 1. The summed E-state index contributed by atoms with van der Waals surface area (Å²) in [7, 11) is 0. The van der Waals surface area contributed by atoms with E-state index >= 15 is 0 Å². The molecule has 2 rings (SSSR count). The van der Waals surface area contributed by atoms with Crippen molar-refractivity contribution in [3.8, 4) is 0 Å². The number of nitrogens with one attached hydrogen (secondary N) is 1. The van der Waals surface area contributed by atoms with Gasteiger partial charge in [0.1, 0.15) is 5.82 Å². The minimum atomic E-state index is -0.0813. The lowest BCUT2D eigenvalue weighted by Crippen LogP contribution is -2.27. The molecule has 0 saturated heterocycles. The van der Waals surface area contributed by atoms with Crippen LogP contribution in [-0.4, -0.2) is 19.1 Å². The van der Waals surface area contributed by atoms with Gasteiger partial charge in [0.15, 0.2) is 0 Å². The second kappa shape index (κ2) is 7.07. The van der Waals surface area contributed by atoms with Crippen molar-refractivity contribution in [2.45, 2.75) is 52.6 Å². The predicted octanol–water partition coefficient (Wildman–Crippen LogP) is 3.95. The Morgan fingerprint density at radius 1 is 1.35 bits per heavy atom. The monoisotopic (exact) mass is 278 g/mol. The molecule has 1 N–H and O–H groups in total. The summed E-state index contributed by atoms with van der Waals surface area (Å²) in [5.74, 6) is 0.699. The van der Waals surface area contributed by atoms with E-state index < -0.39 is 0 Å². The average molecular weight is 278 g/mol. The molecule has 1 fully saturated rings. The van der Waals surface area contributed by atoms with Crippen LogP contribution in [0.15, 0.2) is 18.2 Å². The Morgan fingerprint density at radius 2 is 2.10 bits per heavy atom. The molecule has 0 unspecified atom stereocenters. The van der Waals surface area contributed by atoms with E-state index in [1.54, 1.807) is 6.07 Å². The van der Waals surface area contributed by atoms with Crippen molar-refractivity contribution in [1.82, 2.24) is 5.32 Å². The van der Waals surface area contributed by atoms with Crippen molar-refractivity contribution in [1.29, 1.82) is 0 Å². The second-order valence-electron chi connectivity index (χ2n) is 6.21. The molecule has 3 heteroatoms. The Morgan fingerprint density at radius 3 is 2.65 bits per heavy atom. The van der Waals surface area contributed by atoms with Gasteiger partial charge in [-0.25, -0.2) is 4.39 Å². The molecule has 0 radical (unpaired) electrons. The summed E-state index contributed by atoms with van der Waals surface area (Å²) in [5, 5.41) is 3.32. The highest BCUT2D eigenvalue weighted by Gasteiger charge is 2.25. The van der Waals surface area contributed by atoms with Crippen LogP contribution < -0.4 is 10.2 Å². The van der Waals surface area contributed by atoms with E-state index in [1.807, 2.05) is 12.1 Å². The first-order valence-electron chi connectivity index (χ1n) is 7.87. The third-order valence-corrected chi connectivity index (χ3v) is 3.74. The predicted molar refractivity (Wildman–Crippen MR) is 83.6 cm³/mol. The van der Waals surface area contributed by atoms with E-state index in [1.165, 1.54) is 12.8 Å². The van der Waals surface area contributed by atoms with Gasteiger partial charge in [-0.2, -0.15) is 0 Å². The highest BCUT2D eigenvalue weighted by atomic mass is 19.1.